The average Bonchev–Trinajstić information content (AvgIpc) is 4.11. The average molecular weight is 862 g/mol. The standard InChI is InChI=1S/C45H49F2N11O5/c1-27-22-54(13-10-38(27)62-16-2-3-28-6-9-34-30(17-28)19-48-21-37(34)55-14-12-40(59)52-45(55)61)23-29-4-7-31(8-5-29)58-25-36(41(53-58)42(46)47)50-44(60)35-20-49-57-15-11-39(51-43(35)57)56-24-33-18-32(56)26-63-33/h6,9,11,15,17,19-21,25,27,29,31-33,38,42H,4-5,7-8,10,12-14,16,18,22-24,26H2,1H3,(H,50,60)(H,52,59,61)/t27-,29-,31-,32-,33-,38-/m1/s1. The van der Waals surface area contributed by atoms with Crippen molar-refractivity contribution in [3.05, 3.63) is 72.1 Å². The normalized spacial score (nSPS) is 25.2. The van der Waals surface area contributed by atoms with Crippen LogP contribution in [0.1, 0.15) is 86.0 Å². The molecule has 4 aliphatic heterocycles. The number of likely N-dealkylation sites (tertiary alicyclic amines) is 1. The van der Waals surface area contributed by atoms with Crippen molar-refractivity contribution in [2.45, 2.75) is 82.6 Å². The Morgan fingerprint density at radius 1 is 1.06 bits per heavy atom. The molecule has 16 nitrogen and oxygen atoms in total. The fourth-order valence-corrected chi connectivity index (χ4v) is 10.0. The van der Waals surface area contributed by atoms with Gasteiger partial charge in [0, 0.05) is 74.1 Å². The third kappa shape index (κ3) is 8.44. The van der Waals surface area contributed by atoms with Crippen LogP contribution in [0.3, 0.4) is 0 Å². The van der Waals surface area contributed by atoms with Gasteiger partial charge in [-0.1, -0.05) is 24.8 Å². The van der Waals surface area contributed by atoms with E-state index in [4.69, 9.17) is 14.5 Å². The summed E-state index contributed by atoms with van der Waals surface area (Å²) >= 11 is 0. The molecule has 4 saturated heterocycles. The van der Waals surface area contributed by atoms with Gasteiger partial charge in [-0.05, 0) is 68.6 Å². The molecule has 1 aliphatic carbocycles. The van der Waals surface area contributed by atoms with E-state index >= 15 is 0 Å². The number of carbonyl (C=O) groups excluding carboxylic acids is 3. The summed E-state index contributed by atoms with van der Waals surface area (Å²) in [5, 5.41) is 15.4. The number of hydrogen-bond acceptors (Lipinski definition) is 11. The highest BCUT2D eigenvalue weighted by Crippen LogP contribution is 2.37. The summed E-state index contributed by atoms with van der Waals surface area (Å²) in [6.07, 6.45) is 11.2. The SMILES string of the molecule is C[C@@H]1CN(C[C@H]2CC[C@H](n3cc(NC(=O)c4cnn5ccc(N6C[C@H]7C[C@@H]6CO7)nc45)c(C(F)F)n3)CC2)CC[C@H]1OCC#Cc1ccc2c(N3CCC(=O)NC3=O)cncc2c1. The number of fused-ring (bicyclic) bond motifs is 4. The maximum absolute atomic E-state index is 14.3. The zero-order chi connectivity index (χ0) is 43.2. The van der Waals surface area contributed by atoms with Crippen molar-refractivity contribution in [3.63, 3.8) is 0 Å². The first-order valence-corrected chi connectivity index (χ1v) is 21.9. The van der Waals surface area contributed by atoms with Crippen molar-refractivity contribution in [2.75, 3.05) is 61.1 Å². The maximum atomic E-state index is 14.3. The van der Waals surface area contributed by atoms with E-state index < -0.39 is 24.1 Å². The van der Waals surface area contributed by atoms with Gasteiger partial charge in [-0.2, -0.15) is 10.2 Å². The summed E-state index contributed by atoms with van der Waals surface area (Å²) < 4.78 is 43.7. The van der Waals surface area contributed by atoms with Crippen molar-refractivity contribution in [1.29, 1.82) is 0 Å². The quantitative estimate of drug-likeness (QED) is 0.168. The number of alkyl halides is 2. The van der Waals surface area contributed by atoms with Crippen LogP contribution in [0.15, 0.2) is 55.2 Å². The summed E-state index contributed by atoms with van der Waals surface area (Å²) in [5.41, 5.74) is 1.58. The number of piperidine rings is 1. The van der Waals surface area contributed by atoms with Gasteiger partial charge < -0.3 is 24.6 Å². The molecule has 328 valence electrons. The lowest BCUT2D eigenvalue weighted by Gasteiger charge is -2.39. The Balaban J connectivity index is 0.694. The van der Waals surface area contributed by atoms with Crippen molar-refractivity contribution in [1.82, 2.24) is 39.6 Å². The summed E-state index contributed by atoms with van der Waals surface area (Å²) in [7, 11) is 0. The number of nitrogens with zero attached hydrogens (tertiary/aromatic N) is 9. The predicted molar refractivity (Wildman–Crippen MR) is 229 cm³/mol. The molecule has 2 bridgehead atoms. The van der Waals surface area contributed by atoms with Gasteiger partial charge >= 0.3 is 6.03 Å². The molecule has 4 atom stereocenters. The van der Waals surface area contributed by atoms with E-state index in [9.17, 15) is 23.2 Å². The lowest BCUT2D eigenvalue weighted by atomic mass is 9.85. The van der Waals surface area contributed by atoms with E-state index in [1.54, 1.807) is 29.5 Å². The smallest absolute Gasteiger partial charge is 0.328 e. The Bertz CT molecular complexity index is 2620. The summed E-state index contributed by atoms with van der Waals surface area (Å²) in [6, 6.07) is 7.41. The summed E-state index contributed by atoms with van der Waals surface area (Å²) in [5.74, 6) is 7.09. The van der Waals surface area contributed by atoms with Crippen molar-refractivity contribution < 1.29 is 32.6 Å². The van der Waals surface area contributed by atoms with E-state index in [0.29, 0.717) is 42.9 Å². The van der Waals surface area contributed by atoms with Crippen LogP contribution in [-0.2, 0) is 14.3 Å². The highest BCUT2D eigenvalue weighted by atomic mass is 19.3. The second kappa shape index (κ2) is 17.3. The first-order valence-electron chi connectivity index (χ1n) is 21.9. The number of carbonyl (C=O) groups is 3. The van der Waals surface area contributed by atoms with Crippen LogP contribution >= 0.6 is 0 Å². The van der Waals surface area contributed by atoms with Gasteiger partial charge in [-0.25, -0.2) is 23.1 Å². The monoisotopic (exact) mass is 861 g/mol. The van der Waals surface area contributed by atoms with Gasteiger partial charge in [0.25, 0.3) is 12.3 Å². The summed E-state index contributed by atoms with van der Waals surface area (Å²) in [6.45, 7) is 7.07. The van der Waals surface area contributed by atoms with E-state index in [2.05, 4.69) is 54.4 Å². The second-order valence-corrected chi connectivity index (χ2v) is 17.5. The fraction of sp³-hybridized carbons (Fsp3) is 0.489. The molecule has 5 aromatic rings. The molecule has 2 N–H and O–H groups in total. The van der Waals surface area contributed by atoms with Crippen LogP contribution in [0, 0.1) is 23.7 Å². The van der Waals surface area contributed by atoms with Crippen LogP contribution in [0.5, 0.6) is 0 Å². The number of hydrogen-bond donors (Lipinski definition) is 2. The maximum Gasteiger partial charge on any atom is 0.328 e. The number of halogens is 2. The molecule has 8 heterocycles. The molecular weight excluding hydrogens is 813 g/mol. The topological polar surface area (TPSA) is 164 Å². The van der Waals surface area contributed by atoms with E-state index in [1.165, 1.54) is 15.6 Å². The number of benzene rings is 1. The van der Waals surface area contributed by atoms with Gasteiger partial charge in [0.1, 0.15) is 18.0 Å². The number of anilines is 3. The van der Waals surface area contributed by atoms with E-state index in [-0.39, 0.29) is 47.9 Å². The predicted octanol–water partition coefficient (Wildman–Crippen LogP) is 5.60. The number of urea groups is 1. The van der Waals surface area contributed by atoms with Gasteiger partial charge in [0.15, 0.2) is 11.3 Å². The Kier molecular flexibility index (Phi) is 11.2. The minimum absolute atomic E-state index is 0.00133. The fourth-order valence-electron chi connectivity index (χ4n) is 10.0. The van der Waals surface area contributed by atoms with Crippen LogP contribution in [-0.4, -0.2) is 116 Å². The zero-order valence-electron chi connectivity index (χ0n) is 35.0. The molecule has 0 radical (unpaired) electrons. The van der Waals surface area contributed by atoms with Gasteiger partial charge in [0.05, 0.1) is 54.7 Å². The Labute approximate surface area is 362 Å². The first-order chi connectivity index (χ1) is 30.6. The van der Waals surface area contributed by atoms with Gasteiger partial charge in [-0.15, -0.1) is 0 Å². The molecule has 4 amide bonds. The molecule has 1 saturated carbocycles. The third-order valence-electron chi connectivity index (χ3n) is 13.3. The number of imide groups is 1. The lowest BCUT2D eigenvalue weighted by Crippen LogP contribution is -2.49. The number of pyridine rings is 1. The highest BCUT2D eigenvalue weighted by Gasteiger charge is 2.40. The zero-order valence-corrected chi connectivity index (χ0v) is 35.0. The second-order valence-electron chi connectivity index (χ2n) is 17.5. The first kappa shape index (κ1) is 41.0. The molecule has 5 fully saturated rings. The number of rotatable bonds is 10. The number of ether oxygens (including phenoxy) is 2. The Morgan fingerprint density at radius 3 is 2.71 bits per heavy atom. The van der Waals surface area contributed by atoms with Crippen molar-refractivity contribution in [2.24, 2.45) is 11.8 Å². The molecule has 1 aromatic carbocycles. The van der Waals surface area contributed by atoms with Crippen LogP contribution in [0.25, 0.3) is 16.4 Å². The molecule has 0 unspecified atom stereocenters. The van der Waals surface area contributed by atoms with E-state index in [0.717, 1.165) is 86.9 Å². The third-order valence-corrected chi connectivity index (χ3v) is 13.3. The lowest BCUT2D eigenvalue weighted by molar-refractivity contribution is -0.120. The Hall–Kier alpha value is -6.03. The van der Waals surface area contributed by atoms with Crippen LogP contribution in [0.2, 0.25) is 0 Å². The van der Waals surface area contributed by atoms with Crippen molar-refractivity contribution in [3.8, 4) is 11.8 Å². The van der Waals surface area contributed by atoms with E-state index in [1.807, 2.05) is 24.3 Å². The number of aromatic nitrogens is 6. The molecule has 4 aromatic heterocycles. The molecule has 10 rings (SSSR count). The molecule has 5 aliphatic rings. The molecule has 0 spiro atoms. The largest absolute Gasteiger partial charge is 0.374 e. The number of morpholine rings is 1. The van der Waals surface area contributed by atoms with Gasteiger partial charge in [0.2, 0.25) is 5.91 Å². The highest BCUT2D eigenvalue weighted by molar-refractivity contribution is 6.10. The molecule has 18 heteroatoms. The van der Waals surface area contributed by atoms with Crippen LogP contribution < -0.4 is 20.4 Å². The molecule has 63 heavy (non-hydrogen) atoms. The minimum atomic E-state index is -2.86. The minimum Gasteiger partial charge on any atom is -0.374 e. The van der Waals surface area contributed by atoms with Crippen molar-refractivity contribution >= 4 is 51.5 Å². The number of nitrogens with one attached hydrogen (secondary N) is 2. The van der Waals surface area contributed by atoms with Crippen LogP contribution in [0.4, 0.5) is 30.8 Å². The molecular formula is C45H49F2N11O5. The number of amides is 4. The Morgan fingerprint density at radius 2 is 1.94 bits per heavy atom. The van der Waals surface area contributed by atoms with Gasteiger partial charge in [-0.3, -0.25) is 29.5 Å². The summed E-state index contributed by atoms with van der Waals surface area (Å²) in [4.78, 5) is 52.9.